The van der Waals surface area contributed by atoms with E-state index in [0.29, 0.717) is 23.1 Å². The van der Waals surface area contributed by atoms with E-state index in [1.807, 2.05) is 0 Å². The van der Waals surface area contributed by atoms with Crippen molar-refractivity contribution in [2.75, 3.05) is 4.72 Å². The van der Waals surface area contributed by atoms with E-state index in [1.54, 1.807) is 41.8 Å². The van der Waals surface area contributed by atoms with Gasteiger partial charge < -0.3 is 5.32 Å². The Kier molecular flexibility index (Phi) is 6.24. The van der Waals surface area contributed by atoms with Crippen molar-refractivity contribution in [2.45, 2.75) is 37.9 Å². The fourth-order valence-corrected chi connectivity index (χ4v) is 4.70. The Morgan fingerprint density at radius 3 is 2.08 bits per heavy atom. The number of benzene rings is 1. The van der Waals surface area contributed by atoms with Crippen LogP contribution < -0.4 is 10.0 Å². The minimum Gasteiger partial charge on any atom is -0.349 e. The minimum atomic E-state index is -3.58. The molecule has 25 heavy (non-hydrogen) atoms. The van der Waals surface area contributed by atoms with Crippen LogP contribution in [0.2, 0.25) is 0 Å². The molecule has 0 radical (unpaired) electrons. The molecule has 2 aromatic rings. The van der Waals surface area contributed by atoms with Crippen LogP contribution in [0.3, 0.4) is 0 Å². The highest BCUT2D eigenvalue weighted by atomic mass is 32.2. The van der Waals surface area contributed by atoms with E-state index in [1.165, 1.54) is 0 Å². The van der Waals surface area contributed by atoms with Gasteiger partial charge in [-0.3, -0.25) is 9.52 Å². The lowest BCUT2D eigenvalue weighted by molar-refractivity contribution is 0.0910. The van der Waals surface area contributed by atoms with E-state index < -0.39 is 10.0 Å². The Bertz CT molecular complexity index is 787. The van der Waals surface area contributed by atoms with Gasteiger partial charge in [0.1, 0.15) is 4.21 Å². The van der Waals surface area contributed by atoms with Crippen LogP contribution in [-0.4, -0.2) is 20.4 Å². The molecule has 1 aromatic heterocycles. The van der Waals surface area contributed by atoms with Crippen LogP contribution in [0.15, 0.2) is 46.0 Å². The van der Waals surface area contributed by atoms with Gasteiger partial charge in [0, 0.05) is 17.3 Å². The first-order chi connectivity index (χ1) is 11.7. The minimum absolute atomic E-state index is 0.0875. The Balaban J connectivity index is 2.08. The molecule has 0 aliphatic rings. The normalized spacial score (nSPS) is 12.0. The summed E-state index contributed by atoms with van der Waals surface area (Å²) in [5.74, 6) is 0.515. The third-order valence-electron chi connectivity index (χ3n) is 3.89. The molecular formula is C18H24N2O3S2. The maximum Gasteiger partial charge on any atom is 0.271 e. The SMILES string of the molecule is CC(C)C(NC(=O)c1ccc(NS(=O)(=O)c2cccs2)cc1)C(C)C. The lowest BCUT2D eigenvalue weighted by atomic mass is 9.93. The maximum absolute atomic E-state index is 12.4. The number of anilines is 1. The number of sulfonamides is 1. The summed E-state index contributed by atoms with van der Waals surface area (Å²) in [6, 6.07) is 9.77. The Labute approximate surface area is 153 Å². The summed E-state index contributed by atoms with van der Waals surface area (Å²) < 4.78 is 27.2. The molecule has 0 spiro atoms. The molecule has 5 nitrogen and oxygen atoms in total. The van der Waals surface area contributed by atoms with Gasteiger partial charge in [0.2, 0.25) is 0 Å². The van der Waals surface area contributed by atoms with Crippen molar-refractivity contribution in [1.29, 1.82) is 0 Å². The van der Waals surface area contributed by atoms with Crippen molar-refractivity contribution in [2.24, 2.45) is 11.8 Å². The molecule has 0 saturated carbocycles. The number of carbonyl (C=O) groups is 1. The van der Waals surface area contributed by atoms with Gasteiger partial charge in [-0.1, -0.05) is 33.8 Å². The number of amides is 1. The van der Waals surface area contributed by atoms with Crippen molar-refractivity contribution in [3.05, 3.63) is 47.3 Å². The Morgan fingerprint density at radius 2 is 1.60 bits per heavy atom. The maximum atomic E-state index is 12.4. The molecule has 1 heterocycles. The zero-order chi connectivity index (χ0) is 18.6. The second kappa shape index (κ2) is 8.01. The molecule has 0 bridgehead atoms. The van der Waals surface area contributed by atoms with E-state index in [-0.39, 0.29) is 16.2 Å². The molecular weight excluding hydrogens is 356 g/mol. The first-order valence-corrected chi connectivity index (χ1v) is 10.5. The monoisotopic (exact) mass is 380 g/mol. The van der Waals surface area contributed by atoms with E-state index in [4.69, 9.17) is 0 Å². The fraction of sp³-hybridized carbons (Fsp3) is 0.389. The molecule has 1 amide bonds. The molecule has 136 valence electrons. The quantitative estimate of drug-likeness (QED) is 0.763. The van der Waals surface area contributed by atoms with Crippen LogP contribution in [0.1, 0.15) is 38.1 Å². The number of hydrogen-bond donors (Lipinski definition) is 2. The molecule has 0 atom stereocenters. The summed E-state index contributed by atoms with van der Waals surface area (Å²) in [6.45, 7) is 8.31. The van der Waals surface area contributed by atoms with Crippen LogP contribution in [-0.2, 0) is 10.0 Å². The molecule has 2 N–H and O–H groups in total. The molecule has 2 rings (SSSR count). The Hall–Kier alpha value is -1.86. The average Bonchev–Trinajstić information content (AvgIpc) is 3.07. The molecule has 7 heteroatoms. The number of nitrogens with one attached hydrogen (secondary N) is 2. The van der Waals surface area contributed by atoms with Crippen LogP contribution in [0.25, 0.3) is 0 Å². The van der Waals surface area contributed by atoms with Gasteiger partial charge in [-0.25, -0.2) is 8.42 Å². The van der Waals surface area contributed by atoms with Crippen molar-refractivity contribution in [3.63, 3.8) is 0 Å². The summed E-state index contributed by atoms with van der Waals surface area (Å²) in [4.78, 5) is 12.4. The molecule has 1 aromatic carbocycles. The fourth-order valence-electron chi connectivity index (χ4n) is 2.65. The second-order valence-electron chi connectivity index (χ2n) is 6.60. The smallest absolute Gasteiger partial charge is 0.271 e. The lowest BCUT2D eigenvalue weighted by Gasteiger charge is -2.26. The first kappa shape index (κ1) is 19.5. The van der Waals surface area contributed by atoms with Gasteiger partial charge in [-0.2, -0.15) is 0 Å². The molecule has 0 saturated heterocycles. The van der Waals surface area contributed by atoms with Crippen molar-refractivity contribution in [3.8, 4) is 0 Å². The number of hydrogen-bond acceptors (Lipinski definition) is 4. The van der Waals surface area contributed by atoms with Crippen LogP contribution >= 0.6 is 11.3 Å². The average molecular weight is 381 g/mol. The predicted octanol–water partition coefficient (Wildman–Crippen LogP) is 3.96. The third-order valence-corrected chi connectivity index (χ3v) is 6.67. The van der Waals surface area contributed by atoms with Crippen molar-refractivity contribution in [1.82, 2.24) is 5.32 Å². The summed E-state index contributed by atoms with van der Waals surface area (Å²) in [5, 5.41) is 4.76. The molecule has 0 aliphatic carbocycles. The van der Waals surface area contributed by atoms with Gasteiger partial charge in [0.25, 0.3) is 15.9 Å². The highest BCUT2D eigenvalue weighted by Gasteiger charge is 2.20. The number of carbonyl (C=O) groups excluding carboxylic acids is 1. The van der Waals surface area contributed by atoms with Gasteiger partial charge in [-0.05, 0) is 47.5 Å². The Morgan fingerprint density at radius 1 is 1.00 bits per heavy atom. The van der Waals surface area contributed by atoms with Gasteiger partial charge in [0.15, 0.2) is 0 Å². The van der Waals surface area contributed by atoms with Crippen LogP contribution in [0.4, 0.5) is 5.69 Å². The standard InChI is InChI=1S/C18H24N2O3S2/c1-12(2)17(13(3)4)19-18(21)14-7-9-15(10-8-14)20-25(22,23)16-6-5-11-24-16/h5-13,17,20H,1-4H3,(H,19,21). The predicted molar refractivity (Wildman–Crippen MR) is 102 cm³/mol. The second-order valence-corrected chi connectivity index (χ2v) is 9.46. The van der Waals surface area contributed by atoms with E-state index in [0.717, 1.165) is 11.3 Å². The zero-order valence-corrected chi connectivity index (χ0v) is 16.4. The van der Waals surface area contributed by atoms with E-state index in [2.05, 4.69) is 37.7 Å². The number of rotatable bonds is 7. The van der Waals surface area contributed by atoms with Gasteiger partial charge in [0.05, 0.1) is 0 Å². The molecule has 0 aliphatic heterocycles. The molecule has 0 fully saturated rings. The lowest BCUT2D eigenvalue weighted by Crippen LogP contribution is -2.42. The first-order valence-electron chi connectivity index (χ1n) is 8.18. The van der Waals surface area contributed by atoms with Gasteiger partial charge >= 0.3 is 0 Å². The van der Waals surface area contributed by atoms with Crippen LogP contribution in [0.5, 0.6) is 0 Å². The van der Waals surface area contributed by atoms with E-state index in [9.17, 15) is 13.2 Å². The van der Waals surface area contributed by atoms with Crippen molar-refractivity contribution < 1.29 is 13.2 Å². The van der Waals surface area contributed by atoms with E-state index >= 15 is 0 Å². The van der Waals surface area contributed by atoms with Crippen LogP contribution in [0, 0.1) is 11.8 Å². The van der Waals surface area contributed by atoms with Gasteiger partial charge in [-0.15, -0.1) is 11.3 Å². The highest BCUT2D eigenvalue weighted by molar-refractivity contribution is 7.94. The third kappa shape index (κ3) is 5.06. The number of thiophene rings is 1. The highest BCUT2D eigenvalue weighted by Crippen LogP contribution is 2.20. The largest absolute Gasteiger partial charge is 0.349 e. The van der Waals surface area contributed by atoms with Crippen molar-refractivity contribution >= 4 is 33.0 Å². The molecule has 0 unspecified atom stereocenters. The summed E-state index contributed by atoms with van der Waals surface area (Å²) >= 11 is 1.15. The summed E-state index contributed by atoms with van der Waals surface area (Å²) in [5.41, 5.74) is 0.930. The zero-order valence-electron chi connectivity index (χ0n) is 14.8. The summed E-state index contributed by atoms with van der Waals surface area (Å²) in [6.07, 6.45) is 0. The topological polar surface area (TPSA) is 75.3 Å². The summed E-state index contributed by atoms with van der Waals surface area (Å²) in [7, 11) is -3.58.